The Balaban J connectivity index is 1.95. The summed E-state index contributed by atoms with van der Waals surface area (Å²) in [6.45, 7) is 4.97. The van der Waals surface area contributed by atoms with Crippen molar-refractivity contribution in [2.75, 3.05) is 6.61 Å². The van der Waals surface area contributed by atoms with E-state index >= 15 is 0 Å². The standard InChI is InChI=1S/C14H18N2OS/c1-3-17-11-7-10(8-11)16-13-6-9(2)4-5-12(13)15-14(16)18/h4-6,10-11H,3,7-8H2,1-2H3,(H,15,18). The molecule has 0 atom stereocenters. The molecule has 1 aromatic heterocycles. The Morgan fingerprint density at radius 1 is 1.44 bits per heavy atom. The number of hydrogen-bond donors (Lipinski definition) is 1. The van der Waals surface area contributed by atoms with Crippen LogP contribution in [0.2, 0.25) is 0 Å². The molecule has 0 unspecified atom stereocenters. The summed E-state index contributed by atoms with van der Waals surface area (Å²) in [4.78, 5) is 3.29. The van der Waals surface area contributed by atoms with Crippen molar-refractivity contribution in [3.63, 3.8) is 0 Å². The first-order chi connectivity index (χ1) is 8.69. The van der Waals surface area contributed by atoms with Crippen LogP contribution in [0.3, 0.4) is 0 Å². The zero-order valence-corrected chi connectivity index (χ0v) is 11.6. The van der Waals surface area contributed by atoms with Gasteiger partial charge in [-0.15, -0.1) is 0 Å². The number of nitrogens with one attached hydrogen (secondary N) is 1. The second-order valence-electron chi connectivity index (χ2n) is 5.02. The van der Waals surface area contributed by atoms with Crippen molar-refractivity contribution in [1.82, 2.24) is 9.55 Å². The number of H-pyrrole nitrogens is 1. The maximum absolute atomic E-state index is 5.62. The normalized spacial score (nSPS) is 23.2. The highest BCUT2D eigenvalue weighted by molar-refractivity contribution is 7.71. The summed E-state index contributed by atoms with van der Waals surface area (Å²) >= 11 is 5.44. The smallest absolute Gasteiger partial charge is 0.178 e. The van der Waals surface area contributed by atoms with Crippen LogP contribution >= 0.6 is 12.2 Å². The molecule has 0 radical (unpaired) electrons. The van der Waals surface area contributed by atoms with Crippen molar-refractivity contribution in [3.8, 4) is 0 Å². The van der Waals surface area contributed by atoms with Crippen molar-refractivity contribution >= 4 is 23.3 Å². The molecule has 0 amide bonds. The zero-order valence-electron chi connectivity index (χ0n) is 10.8. The van der Waals surface area contributed by atoms with Gasteiger partial charge in [-0.3, -0.25) is 0 Å². The number of aryl methyl sites for hydroxylation is 1. The van der Waals surface area contributed by atoms with Crippen molar-refractivity contribution in [2.45, 2.75) is 38.8 Å². The minimum Gasteiger partial charge on any atom is -0.378 e. The average Bonchev–Trinajstić information content (AvgIpc) is 2.59. The Hall–Kier alpha value is -1.13. The molecule has 0 aliphatic heterocycles. The minimum atomic E-state index is 0.414. The van der Waals surface area contributed by atoms with E-state index in [1.54, 1.807) is 0 Å². The number of benzene rings is 1. The summed E-state index contributed by atoms with van der Waals surface area (Å²) in [6.07, 6.45) is 2.56. The second kappa shape index (κ2) is 4.52. The van der Waals surface area contributed by atoms with E-state index in [1.165, 1.54) is 11.1 Å². The van der Waals surface area contributed by atoms with Gasteiger partial charge in [-0.05, 0) is 56.6 Å². The monoisotopic (exact) mass is 262 g/mol. The Bertz CT molecular complexity index is 622. The summed E-state index contributed by atoms with van der Waals surface area (Å²) < 4.78 is 8.71. The highest BCUT2D eigenvalue weighted by Crippen LogP contribution is 2.37. The fraction of sp³-hybridized carbons (Fsp3) is 0.500. The topological polar surface area (TPSA) is 29.9 Å². The molecule has 96 valence electrons. The molecular formula is C14H18N2OS. The number of aromatic nitrogens is 2. The quantitative estimate of drug-likeness (QED) is 0.854. The van der Waals surface area contributed by atoms with Gasteiger partial charge in [0.2, 0.25) is 0 Å². The van der Waals surface area contributed by atoms with Crippen molar-refractivity contribution < 1.29 is 4.74 Å². The molecule has 1 fully saturated rings. The van der Waals surface area contributed by atoms with Gasteiger partial charge in [-0.2, -0.15) is 0 Å². The van der Waals surface area contributed by atoms with Crippen molar-refractivity contribution in [3.05, 3.63) is 28.5 Å². The number of aromatic amines is 1. The second-order valence-corrected chi connectivity index (χ2v) is 5.41. The molecule has 1 aliphatic rings. The molecule has 3 nitrogen and oxygen atoms in total. The van der Waals surface area contributed by atoms with E-state index in [9.17, 15) is 0 Å². The predicted octanol–water partition coefficient (Wildman–Crippen LogP) is 3.75. The van der Waals surface area contributed by atoms with Crippen LogP contribution in [0.1, 0.15) is 31.4 Å². The Morgan fingerprint density at radius 3 is 2.94 bits per heavy atom. The molecule has 3 rings (SSSR count). The first-order valence-corrected chi connectivity index (χ1v) is 6.92. The van der Waals surface area contributed by atoms with E-state index < -0.39 is 0 Å². The first kappa shape index (κ1) is 11.9. The van der Waals surface area contributed by atoms with Gasteiger partial charge in [0.25, 0.3) is 0 Å². The molecule has 0 bridgehead atoms. The van der Waals surface area contributed by atoms with E-state index in [1.807, 2.05) is 6.92 Å². The van der Waals surface area contributed by atoms with Crippen LogP contribution in [-0.2, 0) is 4.74 Å². The van der Waals surface area contributed by atoms with Crippen LogP contribution in [0, 0.1) is 11.7 Å². The number of imidazole rings is 1. The maximum atomic E-state index is 5.62. The SMILES string of the molecule is CCOC1CC(n2c(=S)[nH]c3ccc(C)cc32)C1. The molecule has 18 heavy (non-hydrogen) atoms. The van der Waals surface area contributed by atoms with Crippen LogP contribution in [0.25, 0.3) is 11.0 Å². The van der Waals surface area contributed by atoms with Crippen LogP contribution in [0.15, 0.2) is 18.2 Å². The van der Waals surface area contributed by atoms with Gasteiger partial charge in [-0.25, -0.2) is 0 Å². The maximum Gasteiger partial charge on any atom is 0.178 e. The first-order valence-electron chi connectivity index (χ1n) is 6.51. The van der Waals surface area contributed by atoms with Crippen LogP contribution in [0.4, 0.5) is 0 Å². The van der Waals surface area contributed by atoms with Gasteiger partial charge in [-0.1, -0.05) is 6.07 Å². The molecule has 1 saturated carbocycles. The van der Waals surface area contributed by atoms with E-state index in [-0.39, 0.29) is 0 Å². The van der Waals surface area contributed by atoms with E-state index in [0.717, 1.165) is 29.7 Å². The summed E-state index contributed by atoms with van der Waals surface area (Å²) in [5.41, 5.74) is 3.62. The fourth-order valence-corrected chi connectivity index (χ4v) is 3.07. The summed E-state index contributed by atoms with van der Waals surface area (Å²) in [5.74, 6) is 0. The van der Waals surface area contributed by atoms with Gasteiger partial charge >= 0.3 is 0 Å². The lowest BCUT2D eigenvalue weighted by Gasteiger charge is -2.36. The Labute approximate surface area is 112 Å². The third-order valence-electron chi connectivity index (χ3n) is 3.71. The molecule has 1 aromatic carbocycles. The molecule has 1 aliphatic carbocycles. The molecule has 4 heteroatoms. The van der Waals surface area contributed by atoms with Gasteiger partial charge in [0.1, 0.15) is 0 Å². The lowest BCUT2D eigenvalue weighted by molar-refractivity contribution is -0.0190. The highest BCUT2D eigenvalue weighted by atomic mass is 32.1. The molecule has 0 saturated heterocycles. The number of hydrogen-bond acceptors (Lipinski definition) is 2. The van der Waals surface area contributed by atoms with Gasteiger partial charge in [0, 0.05) is 12.6 Å². The Morgan fingerprint density at radius 2 is 2.22 bits per heavy atom. The third-order valence-corrected chi connectivity index (χ3v) is 4.01. The predicted molar refractivity (Wildman–Crippen MR) is 75.5 cm³/mol. The van der Waals surface area contributed by atoms with Gasteiger partial charge < -0.3 is 14.3 Å². The fourth-order valence-electron chi connectivity index (χ4n) is 2.71. The largest absolute Gasteiger partial charge is 0.378 e. The lowest BCUT2D eigenvalue weighted by Crippen LogP contribution is -2.33. The summed E-state index contributed by atoms with van der Waals surface area (Å²) in [5, 5.41) is 0. The molecule has 0 spiro atoms. The van der Waals surface area contributed by atoms with E-state index in [0.29, 0.717) is 12.1 Å². The van der Waals surface area contributed by atoms with E-state index in [2.05, 4.69) is 34.7 Å². The average molecular weight is 262 g/mol. The number of ether oxygens (including phenoxy) is 1. The highest BCUT2D eigenvalue weighted by Gasteiger charge is 2.32. The summed E-state index contributed by atoms with van der Waals surface area (Å²) in [7, 11) is 0. The third kappa shape index (κ3) is 1.89. The van der Waals surface area contributed by atoms with Crippen molar-refractivity contribution in [2.24, 2.45) is 0 Å². The van der Waals surface area contributed by atoms with E-state index in [4.69, 9.17) is 17.0 Å². The molecule has 1 heterocycles. The number of fused-ring (bicyclic) bond motifs is 1. The number of rotatable bonds is 3. The summed E-state index contributed by atoms with van der Waals surface area (Å²) in [6, 6.07) is 6.91. The molecule has 2 aromatic rings. The van der Waals surface area contributed by atoms with Crippen molar-refractivity contribution in [1.29, 1.82) is 0 Å². The lowest BCUT2D eigenvalue weighted by atomic mass is 9.89. The molecular weight excluding hydrogens is 244 g/mol. The van der Waals surface area contributed by atoms with Crippen LogP contribution < -0.4 is 0 Å². The van der Waals surface area contributed by atoms with Gasteiger partial charge in [0.05, 0.1) is 17.1 Å². The van der Waals surface area contributed by atoms with Crippen LogP contribution in [0.5, 0.6) is 0 Å². The minimum absolute atomic E-state index is 0.414. The van der Waals surface area contributed by atoms with Gasteiger partial charge in [0.15, 0.2) is 4.77 Å². The molecule has 1 N–H and O–H groups in total. The number of nitrogens with zero attached hydrogens (tertiary/aromatic N) is 1. The Kier molecular flexibility index (Phi) is 2.99. The van der Waals surface area contributed by atoms with Crippen LogP contribution in [-0.4, -0.2) is 22.3 Å². The zero-order chi connectivity index (χ0) is 12.7.